The van der Waals surface area contributed by atoms with Crippen molar-refractivity contribution in [2.75, 3.05) is 7.11 Å². The molecule has 1 aromatic rings. The Balaban J connectivity index is 2.06. The SMILES string of the molecule is C=C1CCC(=O)C(N)=C1NCc1ccc(OC)cc1. The minimum Gasteiger partial charge on any atom is -0.497 e. The first-order valence-electron chi connectivity index (χ1n) is 6.19. The van der Waals surface area contributed by atoms with E-state index in [0.29, 0.717) is 30.8 Å². The van der Waals surface area contributed by atoms with Crippen molar-refractivity contribution in [3.8, 4) is 5.75 Å². The van der Waals surface area contributed by atoms with Crippen molar-refractivity contribution in [2.24, 2.45) is 5.73 Å². The Morgan fingerprint density at radius 3 is 2.63 bits per heavy atom. The lowest BCUT2D eigenvalue weighted by atomic mass is 9.96. The van der Waals surface area contributed by atoms with Crippen molar-refractivity contribution >= 4 is 5.78 Å². The van der Waals surface area contributed by atoms with Gasteiger partial charge in [0.15, 0.2) is 5.78 Å². The standard InChI is InChI=1S/C15H18N2O2/c1-10-3-8-13(18)14(16)15(10)17-9-11-4-6-12(19-2)7-5-11/h4-7,17H,1,3,8-9,16H2,2H3. The van der Waals surface area contributed by atoms with Crippen molar-refractivity contribution in [2.45, 2.75) is 19.4 Å². The number of allylic oxidation sites excluding steroid dienone is 2. The van der Waals surface area contributed by atoms with Crippen LogP contribution in [0.1, 0.15) is 18.4 Å². The monoisotopic (exact) mass is 258 g/mol. The third kappa shape index (κ3) is 2.96. The lowest BCUT2D eigenvalue weighted by Gasteiger charge is -2.20. The van der Waals surface area contributed by atoms with Crippen LogP contribution in [0.25, 0.3) is 0 Å². The maximum atomic E-state index is 11.6. The summed E-state index contributed by atoms with van der Waals surface area (Å²) in [6, 6.07) is 7.73. The van der Waals surface area contributed by atoms with Gasteiger partial charge in [0.05, 0.1) is 18.5 Å². The van der Waals surface area contributed by atoms with E-state index in [1.165, 1.54) is 0 Å². The summed E-state index contributed by atoms with van der Waals surface area (Å²) in [5, 5.41) is 3.20. The number of hydrogen-bond acceptors (Lipinski definition) is 4. The number of nitrogens with two attached hydrogens (primary N) is 1. The summed E-state index contributed by atoms with van der Waals surface area (Å²) in [5.74, 6) is 0.810. The molecule has 1 aromatic carbocycles. The quantitative estimate of drug-likeness (QED) is 0.865. The van der Waals surface area contributed by atoms with Gasteiger partial charge in [-0.3, -0.25) is 4.79 Å². The maximum Gasteiger partial charge on any atom is 0.180 e. The van der Waals surface area contributed by atoms with Crippen LogP contribution in [-0.2, 0) is 11.3 Å². The summed E-state index contributed by atoms with van der Waals surface area (Å²) in [5.41, 5.74) is 8.78. The van der Waals surface area contributed by atoms with Gasteiger partial charge in [0.25, 0.3) is 0 Å². The Kier molecular flexibility index (Phi) is 3.90. The van der Waals surface area contributed by atoms with Crippen LogP contribution in [0.2, 0.25) is 0 Å². The highest BCUT2D eigenvalue weighted by Gasteiger charge is 2.20. The molecule has 1 aliphatic carbocycles. The summed E-state index contributed by atoms with van der Waals surface area (Å²) >= 11 is 0. The number of Topliss-reactive ketones (excluding diaryl/α,β-unsaturated/α-hetero) is 1. The van der Waals surface area contributed by atoms with Crippen molar-refractivity contribution in [1.82, 2.24) is 5.32 Å². The van der Waals surface area contributed by atoms with Crippen LogP contribution >= 0.6 is 0 Å². The van der Waals surface area contributed by atoms with Gasteiger partial charge in [-0.05, 0) is 29.7 Å². The molecule has 0 bridgehead atoms. The van der Waals surface area contributed by atoms with Crippen molar-refractivity contribution in [1.29, 1.82) is 0 Å². The molecule has 0 unspecified atom stereocenters. The molecule has 0 atom stereocenters. The molecular weight excluding hydrogens is 240 g/mol. The van der Waals surface area contributed by atoms with Gasteiger partial charge in [0.1, 0.15) is 5.75 Å². The molecule has 2 rings (SSSR count). The van der Waals surface area contributed by atoms with Crippen LogP contribution in [0.15, 0.2) is 47.8 Å². The van der Waals surface area contributed by atoms with Crippen molar-refractivity contribution in [3.63, 3.8) is 0 Å². The van der Waals surface area contributed by atoms with Gasteiger partial charge >= 0.3 is 0 Å². The van der Waals surface area contributed by atoms with E-state index in [9.17, 15) is 4.79 Å². The van der Waals surface area contributed by atoms with Crippen LogP contribution in [0.5, 0.6) is 5.75 Å². The Morgan fingerprint density at radius 2 is 2.00 bits per heavy atom. The van der Waals surface area contributed by atoms with Gasteiger partial charge in [0.2, 0.25) is 0 Å². The van der Waals surface area contributed by atoms with Gasteiger partial charge in [0, 0.05) is 13.0 Å². The third-order valence-electron chi connectivity index (χ3n) is 3.21. The summed E-state index contributed by atoms with van der Waals surface area (Å²) < 4.78 is 5.10. The minimum atomic E-state index is -0.00960. The van der Waals surface area contributed by atoms with E-state index in [1.54, 1.807) is 7.11 Å². The first-order chi connectivity index (χ1) is 9.11. The van der Waals surface area contributed by atoms with Crippen LogP contribution in [0.3, 0.4) is 0 Å². The first-order valence-corrected chi connectivity index (χ1v) is 6.19. The molecule has 0 spiro atoms. The fraction of sp³-hybridized carbons (Fsp3) is 0.267. The zero-order chi connectivity index (χ0) is 13.8. The molecule has 0 aromatic heterocycles. The average Bonchev–Trinajstić information content (AvgIpc) is 2.44. The average molecular weight is 258 g/mol. The van der Waals surface area contributed by atoms with Crippen LogP contribution < -0.4 is 15.8 Å². The Bertz CT molecular complexity index is 530. The number of benzene rings is 1. The lowest BCUT2D eigenvalue weighted by Crippen LogP contribution is -2.27. The molecule has 0 radical (unpaired) electrons. The van der Waals surface area contributed by atoms with E-state index in [0.717, 1.165) is 16.9 Å². The molecule has 0 saturated heterocycles. The highest BCUT2D eigenvalue weighted by atomic mass is 16.5. The smallest absolute Gasteiger partial charge is 0.180 e. The molecule has 0 saturated carbocycles. The molecule has 3 N–H and O–H groups in total. The molecule has 0 aliphatic heterocycles. The Morgan fingerprint density at radius 1 is 1.32 bits per heavy atom. The Labute approximate surface area is 112 Å². The number of rotatable bonds is 4. The van der Waals surface area contributed by atoms with Gasteiger partial charge < -0.3 is 15.8 Å². The van der Waals surface area contributed by atoms with E-state index >= 15 is 0 Å². The molecule has 100 valence electrons. The van der Waals surface area contributed by atoms with Gasteiger partial charge in [-0.15, -0.1) is 0 Å². The number of nitrogens with one attached hydrogen (secondary N) is 1. The Hall–Kier alpha value is -2.23. The number of methoxy groups -OCH3 is 1. The largest absolute Gasteiger partial charge is 0.497 e. The molecule has 4 nitrogen and oxygen atoms in total. The fourth-order valence-corrected chi connectivity index (χ4v) is 2.01. The van der Waals surface area contributed by atoms with Crippen LogP contribution in [0, 0.1) is 0 Å². The number of hydrogen-bond donors (Lipinski definition) is 2. The predicted octanol–water partition coefficient (Wildman–Crippen LogP) is 1.87. The molecular formula is C15H18N2O2. The van der Waals surface area contributed by atoms with E-state index < -0.39 is 0 Å². The van der Waals surface area contributed by atoms with Gasteiger partial charge in [-0.25, -0.2) is 0 Å². The van der Waals surface area contributed by atoms with E-state index in [1.807, 2.05) is 24.3 Å². The number of ketones is 1. The molecule has 0 fully saturated rings. The topological polar surface area (TPSA) is 64.4 Å². The second-order valence-electron chi connectivity index (χ2n) is 4.52. The minimum absolute atomic E-state index is 0.00960. The first kappa shape index (κ1) is 13.2. The normalized spacial score (nSPS) is 15.6. The molecule has 1 aliphatic rings. The lowest BCUT2D eigenvalue weighted by molar-refractivity contribution is -0.115. The van der Waals surface area contributed by atoms with Gasteiger partial charge in [-0.1, -0.05) is 18.7 Å². The summed E-state index contributed by atoms with van der Waals surface area (Å²) in [6.45, 7) is 4.55. The maximum absolute atomic E-state index is 11.6. The van der Waals surface area contributed by atoms with Crippen LogP contribution in [-0.4, -0.2) is 12.9 Å². The van der Waals surface area contributed by atoms with E-state index in [2.05, 4.69) is 11.9 Å². The second kappa shape index (κ2) is 5.61. The van der Waals surface area contributed by atoms with E-state index in [4.69, 9.17) is 10.5 Å². The zero-order valence-electron chi connectivity index (χ0n) is 11.0. The molecule has 4 heteroatoms. The number of ether oxygens (including phenoxy) is 1. The number of carbonyl (C=O) groups is 1. The second-order valence-corrected chi connectivity index (χ2v) is 4.52. The van der Waals surface area contributed by atoms with Crippen LogP contribution in [0.4, 0.5) is 0 Å². The molecule has 19 heavy (non-hydrogen) atoms. The fourth-order valence-electron chi connectivity index (χ4n) is 2.01. The predicted molar refractivity (Wildman–Crippen MR) is 74.4 cm³/mol. The number of carbonyl (C=O) groups excluding carboxylic acids is 1. The summed E-state index contributed by atoms with van der Waals surface area (Å²) in [4.78, 5) is 11.6. The molecule has 0 heterocycles. The third-order valence-corrected chi connectivity index (χ3v) is 3.21. The zero-order valence-corrected chi connectivity index (χ0v) is 11.0. The van der Waals surface area contributed by atoms with Crippen molar-refractivity contribution in [3.05, 3.63) is 53.4 Å². The highest BCUT2D eigenvalue weighted by Crippen LogP contribution is 2.22. The summed E-state index contributed by atoms with van der Waals surface area (Å²) in [7, 11) is 1.64. The van der Waals surface area contributed by atoms with Crippen molar-refractivity contribution < 1.29 is 9.53 Å². The van der Waals surface area contributed by atoms with Gasteiger partial charge in [-0.2, -0.15) is 0 Å². The molecule has 0 amide bonds. The highest BCUT2D eigenvalue weighted by molar-refractivity contribution is 5.97. The van der Waals surface area contributed by atoms with E-state index in [-0.39, 0.29) is 5.78 Å². The summed E-state index contributed by atoms with van der Waals surface area (Å²) in [6.07, 6.45) is 1.13.